The number of carbonyl (C=O) groups is 2. The van der Waals surface area contributed by atoms with Crippen LogP contribution in [0.5, 0.6) is 5.75 Å². The van der Waals surface area contributed by atoms with E-state index >= 15 is 0 Å². The molecule has 1 amide bonds. The summed E-state index contributed by atoms with van der Waals surface area (Å²) < 4.78 is 46.1. The third kappa shape index (κ3) is 5.25. The van der Waals surface area contributed by atoms with Crippen LogP contribution in [0.2, 0.25) is 0 Å². The van der Waals surface area contributed by atoms with E-state index in [1.165, 1.54) is 17.0 Å². The molecule has 5 nitrogen and oxygen atoms in total. The highest BCUT2D eigenvalue weighted by Gasteiger charge is 2.34. The van der Waals surface area contributed by atoms with Gasteiger partial charge in [0.2, 0.25) is 0 Å². The summed E-state index contributed by atoms with van der Waals surface area (Å²) in [6.07, 6.45) is -5.06. The Balaban J connectivity index is 1.71. The molecule has 1 fully saturated rings. The molecule has 2 aromatic carbocycles. The molecule has 8 heteroatoms. The average Bonchev–Trinajstić information content (AvgIpc) is 2.66. The van der Waals surface area contributed by atoms with E-state index in [9.17, 15) is 22.8 Å². The monoisotopic (exact) mass is 393 g/mol. The molecule has 148 valence electrons. The summed E-state index contributed by atoms with van der Waals surface area (Å²) in [5, 5.41) is 0. The first-order valence-electron chi connectivity index (χ1n) is 8.66. The van der Waals surface area contributed by atoms with Gasteiger partial charge >= 0.3 is 12.5 Å². The predicted molar refractivity (Wildman–Crippen MR) is 93.4 cm³/mol. The zero-order chi connectivity index (χ0) is 20.1. The number of carbonyl (C=O) groups excluding carboxylic acids is 2. The van der Waals surface area contributed by atoms with Crippen LogP contribution in [-0.4, -0.2) is 29.7 Å². The lowest BCUT2D eigenvalue weighted by Crippen LogP contribution is -2.41. The first-order valence-corrected chi connectivity index (χ1v) is 8.66. The molecule has 0 saturated carbocycles. The van der Waals surface area contributed by atoms with Gasteiger partial charge in [0.15, 0.2) is 0 Å². The quantitative estimate of drug-likeness (QED) is 0.760. The third-order valence-corrected chi connectivity index (χ3v) is 4.37. The Bertz CT molecular complexity index is 822. The van der Waals surface area contributed by atoms with Crippen molar-refractivity contribution >= 4 is 11.9 Å². The van der Waals surface area contributed by atoms with Crippen molar-refractivity contribution in [2.24, 2.45) is 0 Å². The largest absolute Gasteiger partial charge is 0.573 e. The minimum Gasteiger partial charge on any atom is -0.445 e. The number of Topliss-reactive ketones (excluding diaryl/α,β-unsaturated/α-hetero) is 1. The number of ether oxygens (including phenoxy) is 2. The fourth-order valence-corrected chi connectivity index (χ4v) is 3.04. The van der Waals surface area contributed by atoms with E-state index in [4.69, 9.17) is 4.74 Å². The van der Waals surface area contributed by atoms with E-state index < -0.39 is 18.5 Å². The van der Waals surface area contributed by atoms with Crippen molar-refractivity contribution in [1.29, 1.82) is 0 Å². The molecule has 0 N–H and O–H groups in total. The van der Waals surface area contributed by atoms with Crippen LogP contribution in [0.25, 0.3) is 0 Å². The van der Waals surface area contributed by atoms with Crippen molar-refractivity contribution in [2.75, 3.05) is 6.54 Å². The van der Waals surface area contributed by atoms with Gasteiger partial charge in [-0.25, -0.2) is 4.79 Å². The number of alkyl halides is 3. The van der Waals surface area contributed by atoms with Crippen LogP contribution in [0.3, 0.4) is 0 Å². The first-order chi connectivity index (χ1) is 13.3. The molecule has 0 radical (unpaired) electrons. The Morgan fingerprint density at radius 3 is 2.39 bits per heavy atom. The highest BCUT2D eigenvalue weighted by Crippen LogP contribution is 2.32. The number of ketones is 1. The SMILES string of the molecule is O=C1CCN(C(=O)OCc2ccccc2)C(c2ccc(OC(F)(F)F)cc2)C1. The molecule has 1 aliphatic rings. The second kappa shape index (κ2) is 8.33. The number of piperidine rings is 1. The van der Waals surface area contributed by atoms with E-state index in [1.807, 2.05) is 30.3 Å². The Morgan fingerprint density at radius 1 is 1.07 bits per heavy atom. The molecule has 0 aliphatic carbocycles. The first kappa shape index (κ1) is 19.7. The third-order valence-electron chi connectivity index (χ3n) is 4.37. The molecular formula is C20H18F3NO4. The van der Waals surface area contributed by atoms with Crippen LogP contribution >= 0.6 is 0 Å². The van der Waals surface area contributed by atoms with Gasteiger partial charge in [-0.3, -0.25) is 4.79 Å². The minimum absolute atomic E-state index is 0.0206. The van der Waals surface area contributed by atoms with Crippen LogP contribution in [0.1, 0.15) is 30.0 Å². The van der Waals surface area contributed by atoms with Gasteiger partial charge in [-0.15, -0.1) is 13.2 Å². The molecular weight excluding hydrogens is 375 g/mol. The maximum atomic E-state index is 12.5. The summed E-state index contributed by atoms with van der Waals surface area (Å²) in [5.41, 5.74) is 1.37. The number of benzene rings is 2. The molecule has 3 rings (SSSR count). The topological polar surface area (TPSA) is 55.8 Å². The summed E-state index contributed by atoms with van der Waals surface area (Å²) >= 11 is 0. The van der Waals surface area contributed by atoms with Crippen LogP contribution in [0.4, 0.5) is 18.0 Å². The Labute approximate surface area is 159 Å². The maximum absolute atomic E-state index is 12.5. The standard InChI is InChI=1S/C20H18F3NO4/c21-20(22,23)28-17-8-6-15(7-9-17)18-12-16(25)10-11-24(18)19(26)27-13-14-4-2-1-3-5-14/h1-9,18H,10-13H2. The Kier molecular flexibility index (Phi) is 5.87. The number of nitrogens with zero attached hydrogens (tertiary/aromatic N) is 1. The van der Waals surface area contributed by atoms with E-state index in [1.54, 1.807) is 0 Å². The zero-order valence-electron chi connectivity index (χ0n) is 14.8. The molecule has 1 unspecified atom stereocenters. The number of amides is 1. The van der Waals surface area contributed by atoms with Gasteiger partial charge in [0, 0.05) is 19.4 Å². The lowest BCUT2D eigenvalue weighted by atomic mass is 9.95. The molecule has 1 atom stereocenters. The van der Waals surface area contributed by atoms with Crippen LogP contribution in [0.15, 0.2) is 54.6 Å². The normalized spacial score (nSPS) is 17.3. The summed E-state index contributed by atoms with van der Waals surface area (Å²) in [6, 6.07) is 13.7. The molecule has 28 heavy (non-hydrogen) atoms. The lowest BCUT2D eigenvalue weighted by Gasteiger charge is -2.34. The van der Waals surface area contributed by atoms with E-state index in [2.05, 4.69) is 4.74 Å². The number of likely N-dealkylation sites (tertiary alicyclic amines) is 1. The number of hydrogen-bond donors (Lipinski definition) is 0. The number of hydrogen-bond acceptors (Lipinski definition) is 4. The maximum Gasteiger partial charge on any atom is 0.573 e. The zero-order valence-corrected chi connectivity index (χ0v) is 14.8. The van der Waals surface area contributed by atoms with Gasteiger partial charge in [-0.05, 0) is 23.3 Å². The summed E-state index contributed by atoms with van der Waals surface area (Å²) in [4.78, 5) is 25.9. The Hall–Kier alpha value is -3.03. The summed E-state index contributed by atoms with van der Waals surface area (Å²) in [5.74, 6) is -0.385. The second-order valence-corrected chi connectivity index (χ2v) is 6.36. The van der Waals surface area contributed by atoms with Crippen molar-refractivity contribution in [2.45, 2.75) is 31.9 Å². The van der Waals surface area contributed by atoms with Crippen molar-refractivity contribution in [3.8, 4) is 5.75 Å². The predicted octanol–water partition coefficient (Wildman–Crippen LogP) is 4.63. The molecule has 1 aliphatic heterocycles. The molecule has 2 aromatic rings. The fourth-order valence-electron chi connectivity index (χ4n) is 3.04. The van der Waals surface area contributed by atoms with E-state index in [0.29, 0.717) is 5.56 Å². The number of halogens is 3. The second-order valence-electron chi connectivity index (χ2n) is 6.36. The fraction of sp³-hybridized carbons (Fsp3) is 0.300. The van der Waals surface area contributed by atoms with Gasteiger partial charge in [0.05, 0.1) is 6.04 Å². The number of rotatable bonds is 4. The van der Waals surface area contributed by atoms with Gasteiger partial charge in [-0.2, -0.15) is 0 Å². The van der Waals surface area contributed by atoms with Gasteiger partial charge < -0.3 is 14.4 Å². The van der Waals surface area contributed by atoms with Gasteiger partial charge in [-0.1, -0.05) is 42.5 Å². The van der Waals surface area contributed by atoms with Crippen LogP contribution in [0, 0.1) is 0 Å². The highest BCUT2D eigenvalue weighted by molar-refractivity contribution is 5.82. The van der Waals surface area contributed by atoms with E-state index in [-0.39, 0.29) is 37.5 Å². The van der Waals surface area contributed by atoms with E-state index in [0.717, 1.165) is 17.7 Å². The van der Waals surface area contributed by atoms with Gasteiger partial charge in [0.25, 0.3) is 0 Å². The van der Waals surface area contributed by atoms with Crippen LogP contribution < -0.4 is 4.74 Å². The van der Waals surface area contributed by atoms with Crippen molar-refractivity contribution < 1.29 is 32.2 Å². The highest BCUT2D eigenvalue weighted by atomic mass is 19.4. The lowest BCUT2D eigenvalue weighted by molar-refractivity contribution is -0.274. The Morgan fingerprint density at radius 2 is 1.75 bits per heavy atom. The molecule has 1 heterocycles. The minimum atomic E-state index is -4.78. The molecule has 0 bridgehead atoms. The average molecular weight is 393 g/mol. The smallest absolute Gasteiger partial charge is 0.445 e. The molecule has 0 spiro atoms. The van der Waals surface area contributed by atoms with Gasteiger partial charge in [0.1, 0.15) is 18.1 Å². The van der Waals surface area contributed by atoms with Crippen molar-refractivity contribution in [3.63, 3.8) is 0 Å². The summed E-state index contributed by atoms with van der Waals surface area (Å²) in [6.45, 7) is 0.285. The van der Waals surface area contributed by atoms with Crippen LogP contribution in [-0.2, 0) is 16.1 Å². The molecule has 0 aromatic heterocycles. The molecule has 1 saturated heterocycles. The van der Waals surface area contributed by atoms with Crippen molar-refractivity contribution in [1.82, 2.24) is 4.90 Å². The van der Waals surface area contributed by atoms with Crippen molar-refractivity contribution in [3.05, 3.63) is 65.7 Å². The summed E-state index contributed by atoms with van der Waals surface area (Å²) in [7, 11) is 0.